The van der Waals surface area contributed by atoms with E-state index in [1.165, 1.54) is 11.8 Å². The average Bonchev–Trinajstić information content (AvgIpc) is 2.83. The minimum Gasteiger partial charge on any atom is -0.459 e. The van der Waals surface area contributed by atoms with Gasteiger partial charge in [-0.05, 0) is 31.5 Å². The first kappa shape index (κ1) is 11.5. The van der Waals surface area contributed by atoms with E-state index in [0.29, 0.717) is 5.76 Å². The fraction of sp³-hybridized carbons (Fsp3) is 0.214. The lowest BCUT2D eigenvalue weighted by molar-refractivity contribution is 0.0912. The number of nitrogens with one attached hydrogen (secondary N) is 1. The zero-order chi connectivity index (χ0) is 12.3. The van der Waals surface area contributed by atoms with E-state index in [9.17, 15) is 4.79 Å². The quantitative estimate of drug-likeness (QED) is 0.878. The van der Waals surface area contributed by atoms with Crippen LogP contribution in [0.15, 0.2) is 47.1 Å². The molecule has 3 nitrogen and oxygen atoms in total. The van der Waals surface area contributed by atoms with Crippen LogP contribution in [0, 0.1) is 6.92 Å². The smallest absolute Gasteiger partial charge is 0.287 e. The minimum atomic E-state index is -0.192. The number of furan rings is 1. The van der Waals surface area contributed by atoms with Crippen molar-refractivity contribution in [3.8, 4) is 0 Å². The number of hydrogen-bond donors (Lipinski definition) is 1. The van der Waals surface area contributed by atoms with Gasteiger partial charge in [0, 0.05) is 0 Å². The van der Waals surface area contributed by atoms with E-state index in [1.807, 2.05) is 38.1 Å². The van der Waals surface area contributed by atoms with Crippen LogP contribution in [-0.4, -0.2) is 5.91 Å². The second-order valence-corrected chi connectivity index (χ2v) is 4.08. The molecule has 0 spiro atoms. The molecule has 1 N–H and O–H groups in total. The number of hydrogen-bond acceptors (Lipinski definition) is 2. The highest BCUT2D eigenvalue weighted by Crippen LogP contribution is 2.14. The molecule has 1 aromatic carbocycles. The molecule has 17 heavy (non-hydrogen) atoms. The molecule has 0 aliphatic carbocycles. The molecule has 0 saturated heterocycles. The fourth-order valence-corrected chi connectivity index (χ4v) is 1.61. The molecule has 0 fully saturated rings. The Hall–Kier alpha value is -2.03. The summed E-state index contributed by atoms with van der Waals surface area (Å²) in [6.07, 6.45) is 1.49. The van der Waals surface area contributed by atoms with Crippen LogP contribution in [0.2, 0.25) is 0 Å². The zero-order valence-corrected chi connectivity index (χ0v) is 9.94. The van der Waals surface area contributed by atoms with E-state index in [0.717, 1.165) is 5.56 Å². The third kappa shape index (κ3) is 2.75. The maximum Gasteiger partial charge on any atom is 0.287 e. The van der Waals surface area contributed by atoms with Crippen molar-refractivity contribution in [1.29, 1.82) is 0 Å². The molecule has 0 saturated carbocycles. The number of rotatable bonds is 3. The monoisotopic (exact) mass is 229 g/mol. The maximum atomic E-state index is 11.8. The molecule has 1 heterocycles. The SMILES string of the molecule is Cc1ccc([C@H](C)NC(=O)c2ccco2)cc1. The second kappa shape index (κ2) is 4.87. The van der Waals surface area contributed by atoms with Gasteiger partial charge in [-0.3, -0.25) is 4.79 Å². The minimum absolute atomic E-state index is 0.0341. The fourth-order valence-electron chi connectivity index (χ4n) is 1.61. The molecule has 2 rings (SSSR count). The molecule has 88 valence electrons. The van der Waals surface area contributed by atoms with Crippen LogP contribution in [-0.2, 0) is 0 Å². The van der Waals surface area contributed by atoms with Crippen LogP contribution in [0.5, 0.6) is 0 Å². The van der Waals surface area contributed by atoms with Gasteiger partial charge < -0.3 is 9.73 Å². The Bertz CT molecular complexity index is 485. The average molecular weight is 229 g/mol. The largest absolute Gasteiger partial charge is 0.459 e. The van der Waals surface area contributed by atoms with Crippen molar-refractivity contribution in [1.82, 2.24) is 5.32 Å². The summed E-state index contributed by atoms with van der Waals surface area (Å²) in [6, 6.07) is 11.4. The van der Waals surface area contributed by atoms with E-state index in [2.05, 4.69) is 5.32 Å². The zero-order valence-electron chi connectivity index (χ0n) is 9.94. The van der Waals surface area contributed by atoms with Gasteiger partial charge in [-0.15, -0.1) is 0 Å². The molecule has 1 aromatic heterocycles. The topological polar surface area (TPSA) is 42.2 Å². The van der Waals surface area contributed by atoms with Crippen molar-refractivity contribution in [3.63, 3.8) is 0 Å². The Morgan fingerprint density at radius 1 is 1.24 bits per heavy atom. The molecule has 0 aliphatic rings. The normalized spacial score (nSPS) is 12.1. The lowest BCUT2D eigenvalue weighted by Crippen LogP contribution is -2.26. The van der Waals surface area contributed by atoms with E-state index >= 15 is 0 Å². The number of carbonyl (C=O) groups excluding carboxylic acids is 1. The lowest BCUT2D eigenvalue weighted by Gasteiger charge is -2.13. The van der Waals surface area contributed by atoms with Crippen LogP contribution >= 0.6 is 0 Å². The highest BCUT2D eigenvalue weighted by atomic mass is 16.3. The molecule has 0 aliphatic heterocycles. The Morgan fingerprint density at radius 3 is 2.53 bits per heavy atom. The van der Waals surface area contributed by atoms with Gasteiger partial charge in [-0.2, -0.15) is 0 Å². The van der Waals surface area contributed by atoms with Crippen molar-refractivity contribution >= 4 is 5.91 Å². The van der Waals surface area contributed by atoms with Crippen molar-refractivity contribution in [2.75, 3.05) is 0 Å². The van der Waals surface area contributed by atoms with Gasteiger partial charge in [0.15, 0.2) is 5.76 Å². The van der Waals surface area contributed by atoms with Crippen LogP contribution in [0.25, 0.3) is 0 Å². The van der Waals surface area contributed by atoms with Gasteiger partial charge >= 0.3 is 0 Å². The van der Waals surface area contributed by atoms with E-state index in [-0.39, 0.29) is 11.9 Å². The molecule has 0 unspecified atom stereocenters. The Balaban J connectivity index is 2.04. The number of amides is 1. The van der Waals surface area contributed by atoms with E-state index in [1.54, 1.807) is 12.1 Å². The first-order valence-corrected chi connectivity index (χ1v) is 5.58. The molecule has 0 radical (unpaired) electrons. The van der Waals surface area contributed by atoms with Crippen LogP contribution in [0.4, 0.5) is 0 Å². The number of benzene rings is 1. The Labute approximate surface area is 100 Å². The van der Waals surface area contributed by atoms with Crippen molar-refractivity contribution in [3.05, 3.63) is 59.5 Å². The Morgan fingerprint density at radius 2 is 1.94 bits per heavy atom. The molecule has 1 atom stereocenters. The summed E-state index contributed by atoms with van der Waals surface area (Å²) in [5.41, 5.74) is 2.29. The molecule has 2 aromatic rings. The summed E-state index contributed by atoms with van der Waals surface area (Å²) in [5.74, 6) is 0.145. The summed E-state index contributed by atoms with van der Waals surface area (Å²) in [5, 5.41) is 2.89. The van der Waals surface area contributed by atoms with Gasteiger partial charge in [0.05, 0.1) is 12.3 Å². The van der Waals surface area contributed by atoms with Crippen LogP contribution < -0.4 is 5.32 Å². The van der Waals surface area contributed by atoms with Gasteiger partial charge in [0.2, 0.25) is 0 Å². The van der Waals surface area contributed by atoms with E-state index in [4.69, 9.17) is 4.42 Å². The Kier molecular flexibility index (Phi) is 3.28. The third-order valence-corrected chi connectivity index (χ3v) is 2.67. The van der Waals surface area contributed by atoms with Gasteiger partial charge in [-0.25, -0.2) is 0 Å². The van der Waals surface area contributed by atoms with Crippen molar-refractivity contribution in [2.24, 2.45) is 0 Å². The standard InChI is InChI=1S/C14H15NO2/c1-10-5-7-12(8-6-10)11(2)15-14(16)13-4-3-9-17-13/h3-9,11H,1-2H3,(H,15,16)/t11-/m0/s1. The van der Waals surface area contributed by atoms with Gasteiger partial charge in [-0.1, -0.05) is 29.8 Å². The van der Waals surface area contributed by atoms with Crippen molar-refractivity contribution < 1.29 is 9.21 Å². The highest BCUT2D eigenvalue weighted by molar-refractivity contribution is 5.91. The first-order chi connectivity index (χ1) is 8.16. The molecular formula is C14H15NO2. The van der Waals surface area contributed by atoms with Crippen LogP contribution in [0.1, 0.15) is 34.6 Å². The molecule has 3 heteroatoms. The third-order valence-electron chi connectivity index (χ3n) is 2.67. The van der Waals surface area contributed by atoms with Crippen LogP contribution in [0.3, 0.4) is 0 Å². The molecule has 0 bridgehead atoms. The second-order valence-electron chi connectivity index (χ2n) is 4.08. The van der Waals surface area contributed by atoms with Gasteiger partial charge in [0.1, 0.15) is 0 Å². The van der Waals surface area contributed by atoms with E-state index < -0.39 is 0 Å². The predicted molar refractivity (Wildman–Crippen MR) is 65.8 cm³/mol. The maximum absolute atomic E-state index is 11.8. The molecular weight excluding hydrogens is 214 g/mol. The number of aryl methyl sites for hydroxylation is 1. The first-order valence-electron chi connectivity index (χ1n) is 5.58. The number of carbonyl (C=O) groups is 1. The summed E-state index contributed by atoms with van der Waals surface area (Å²) in [7, 11) is 0. The summed E-state index contributed by atoms with van der Waals surface area (Å²) >= 11 is 0. The predicted octanol–water partition coefficient (Wildman–Crippen LogP) is 3.08. The molecule has 1 amide bonds. The highest BCUT2D eigenvalue weighted by Gasteiger charge is 2.12. The van der Waals surface area contributed by atoms with Gasteiger partial charge in [0.25, 0.3) is 5.91 Å². The lowest BCUT2D eigenvalue weighted by atomic mass is 10.1. The summed E-state index contributed by atoms with van der Waals surface area (Å²) in [6.45, 7) is 3.99. The summed E-state index contributed by atoms with van der Waals surface area (Å²) < 4.78 is 5.04. The summed E-state index contributed by atoms with van der Waals surface area (Å²) in [4.78, 5) is 11.8. The van der Waals surface area contributed by atoms with Crippen molar-refractivity contribution in [2.45, 2.75) is 19.9 Å².